The van der Waals surface area contributed by atoms with Crippen molar-refractivity contribution in [1.29, 1.82) is 0 Å². The topological polar surface area (TPSA) is 72.9 Å². The Hall–Kier alpha value is -2.86. The van der Waals surface area contributed by atoms with Crippen molar-refractivity contribution >= 4 is 11.9 Å². The minimum atomic E-state index is -0.676. The highest BCUT2D eigenvalue weighted by Crippen LogP contribution is 2.14. The van der Waals surface area contributed by atoms with Gasteiger partial charge < -0.3 is 20.2 Å². The van der Waals surface area contributed by atoms with Crippen LogP contribution in [0, 0.1) is 5.92 Å². The number of aliphatic hydroxyl groups excluding tert-OH is 1. The molecule has 0 fully saturated rings. The van der Waals surface area contributed by atoms with Crippen LogP contribution in [-0.4, -0.2) is 66.2 Å². The second kappa shape index (κ2) is 13.6. The van der Waals surface area contributed by atoms with Gasteiger partial charge in [-0.25, -0.2) is 4.79 Å². The minimum Gasteiger partial charge on any atom is -0.394 e. The Morgan fingerprint density at radius 3 is 2.00 bits per heavy atom. The van der Waals surface area contributed by atoms with E-state index in [1.54, 1.807) is 19.0 Å². The molecule has 6 heteroatoms. The number of hydrogen-bond acceptors (Lipinski definition) is 3. The molecule has 0 saturated heterocycles. The molecule has 2 aromatic rings. The normalized spacial score (nSPS) is 12.8. The first-order valence-corrected chi connectivity index (χ1v) is 11.8. The van der Waals surface area contributed by atoms with E-state index < -0.39 is 6.04 Å². The fraction of sp³-hybridized carbons (Fsp3) is 0.481. The van der Waals surface area contributed by atoms with Gasteiger partial charge in [0, 0.05) is 27.1 Å². The van der Waals surface area contributed by atoms with Gasteiger partial charge in [0.25, 0.3) is 0 Å². The molecule has 0 aliphatic carbocycles. The summed E-state index contributed by atoms with van der Waals surface area (Å²) in [5.41, 5.74) is 2.15. The van der Waals surface area contributed by atoms with E-state index in [9.17, 15) is 14.7 Å². The average molecular weight is 454 g/mol. The van der Waals surface area contributed by atoms with E-state index in [4.69, 9.17) is 0 Å². The second-order valence-electron chi connectivity index (χ2n) is 9.16. The van der Waals surface area contributed by atoms with E-state index in [1.165, 1.54) is 10.5 Å². The second-order valence-corrected chi connectivity index (χ2v) is 9.16. The largest absolute Gasteiger partial charge is 0.394 e. The van der Waals surface area contributed by atoms with Gasteiger partial charge in [-0.1, -0.05) is 74.5 Å². The molecule has 0 aliphatic heterocycles. The zero-order chi connectivity index (χ0) is 24.2. The van der Waals surface area contributed by atoms with Crippen LogP contribution in [0.3, 0.4) is 0 Å². The lowest BCUT2D eigenvalue weighted by Gasteiger charge is -2.33. The summed E-state index contributed by atoms with van der Waals surface area (Å²) in [6.07, 6.45) is 2.65. The van der Waals surface area contributed by atoms with E-state index in [0.717, 1.165) is 18.4 Å². The Kier molecular flexibility index (Phi) is 10.9. The number of aliphatic hydroxyl groups is 1. The van der Waals surface area contributed by atoms with Crippen molar-refractivity contribution in [2.75, 3.05) is 27.2 Å². The molecule has 0 bridgehead atoms. The van der Waals surface area contributed by atoms with Crippen LogP contribution < -0.4 is 5.32 Å². The minimum absolute atomic E-state index is 0.122. The Morgan fingerprint density at radius 2 is 1.48 bits per heavy atom. The van der Waals surface area contributed by atoms with Crippen LogP contribution in [0.2, 0.25) is 0 Å². The molecule has 2 atom stereocenters. The first-order chi connectivity index (χ1) is 15.8. The number of nitrogens with one attached hydrogen (secondary N) is 1. The molecule has 0 aromatic heterocycles. The zero-order valence-corrected chi connectivity index (χ0v) is 20.4. The lowest BCUT2D eigenvalue weighted by molar-refractivity contribution is -0.130. The zero-order valence-electron chi connectivity index (χ0n) is 20.4. The maximum atomic E-state index is 13.4. The van der Waals surface area contributed by atoms with Crippen LogP contribution in [0.25, 0.3) is 0 Å². The average Bonchev–Trinajstić information content (AvgIpc) is 2.81. The predicted octanol–water partition coefficient (Wildman–Crippen LogP) is 3.74. The number of amides is 3. The number of likely N-dealkylation sites (N-methyl/N-ethyl adjacent to an activating group) is 1. The van der Waals surface area contributed by atoms with E-state index in [1.807, 2.05) is 48.5 Å². The summed E-state index contributed by atoms with van der Waals surface area (Å²) in [6.45, 7) is 4.63. The lowest BCUT2D eigenvalue weighted by atomic mass is 10.0. The number of carbonyl (C=O) groups is 2. The standard InChI is InChI=1S/C27H39N3O3/c1-21(2)17-18-30(24(20-31)16-15-22-11-7-5-8-12-22)27(33)28-25(26(32)29(3)4)19-23-13-9-6-10-14-23/h5-14,21,24-25,31H,15-20H2,1-4H3,(H,28,33). The summed E-state index contributed by atoms with van der Waals surface area (Å²) in [6, 6.07) is 18.5. The maximum absolute atomic E-state index is 13.4. The summed E-state index contributed by atoms with van der Waals surface area (Å²) in [5.74, 6) is 0.262. The van der Waals surface area contributed by atoms with Gasteiger partial charge in [-0.2, -0.15) is 0 Å². The van der Waals surface area contributed by atoms with Crippen molar-refractivity contribution in [3.63, 3.8) is 0 Å². The number of rotatable bonds is 12. The van der Waals surface area contributed by atoms with Crippen LogP contribution in [0.4, 0.5) is 4.79 Å². The van der Waals surface area contributed by atoms with E-state index >= 15 is 0 Å². The van der Waals surface area contributed by atoms with Gasteiger partial charge in [0.05, 0.1) is 12.6 Å². The number of carbonyl (C=O) groups excluding carboxylic acids is 2. The quantitative estimate of drug-likeness (QED) is 0.514. The predicted molar refractivity (Wildman–Crippen MR) is 133 cm³/mol. The van der Waals surface area contributed by atoms with Crippen LogP contribution in [0.1, 0.15) is 37.8 Å². The molecule has 33 heavy (non-hydrogen) atoms. The van der Waals surface area contributed by atoms with Crippen molar-refractivity contribution in [2.24, 2.45) is 5.92 Å². The van der Waals surface area contributed by atoms with Crippen LogP contribution in [0.5, 0.6) is 0 Å². The number of urea groups is 1. The fourth-order valence-corrected chi connectivity index (χ4v) is 3.76. The van der Waals surface area contributed by atoms with Gasteiger partial charge in [0.15, 0.2) is 0 Å². The number of hydrogen-bond donors (Lipinski definition) is 2. The molecule has 0 aliphatic rings. The van der Waals surface area contributed by atoms with E-state index in [0.29, 0.717) is 25.3 Å². The summed E-state index contributed by atoms with van der Waals surface area (Å²) < 4.78 is 0. The molecule has 0 saturated carbocycles. The van der Waals surface area contributed by atoms with Crippen LogP contribution in [-0.2, 0) is 17.6 Å². The van der Waals surface area contributed by atoms with Crippen molar-refractivity contribution in [3.05, 3.63) is 71.8 Å². The molecule has 6 nitrogen and oxygen atoms in total. The molecule has 0 spiro atoms. The van der Waals surface area contributed by atoms with Crippen LogP contribution >= 0.6 is 0 Å². The molecule has 2 unspecified atom stereocenters. The van der Waals surface area contributed by atoms with Gasteiger partial charge in [0.2, 0.25) is 5.91 Å². The van der Waals surface area contributed by atoms with Crippen molar-refractivity contribution < 1.29 is 14.7 Å². The Morgan fingerprint density at radius 1 is 0.909 bits per heavy atom. The SMILES string of the molecule is CC(C)CCN(C(=O)NC(Cc1ccccc1)C(=O)N(C)C)C(CO)CCc1ccccc1. The summed E-state index contributed by atoms with van der Waals surface area (Å²) in [7, 11) is 3.39. The van der Waals surface area contributed by atoms with E-state index in [2.05, 4.69) is 31.3 Å². The van der Waals surface area contributed by atoms with E-state index in [-0.39, 0.29) is 24.6 Å². The summed E-state index contributed by atoms with van der Waals surface area (Å²) >= 11 is 0. The molecular formula is C27H39N3O3. The van der Waals surface area contributed by atoms with Crippen molar-refractivity contribution in [3.8, 4) is 0 Å². The molecular weight excluding hydrogens is 414 g/mol. The number of aryl methyl sites for hydroxylation is 1. The molecule has 3 amide bonds. The Balaban J connectivity index is 2.17. The maximum Gasteiger partial charge on any atom is 0.318 e. The van der Waals surface area contributed by atoms with Gasteiger partial charge in [-0.15, -0.1) is 0 Å². The summed E-state index contributed by atoms with van der Waals surface area (Å²) in [5, 5.41) is 13.1. The van der Waals surface area contributed by atoms with Crippen molar-refractivity contribution in [2.45, 2.75) is 51.6 Å². The molecule has 0 heterocycles. The smallest absolute Gasteiger partial charge is 0.318 e. The third-order valence-corrected chi connectivity index (χ3v) is 5.79. The molecule has 2 aromatic carbocycles. The Labute approximate surface area is 198 Å². The van der Waals surface area contributed by atoms with Gasteiger partial charge >= 0.3 is 6.03 Å². The monoisotopic (exact) mass is 453 g/mol. The van der Waals surface area contributed by atoms with Gasteiger partial charge in [-0.3, -0.25) is 4.79 Å². The third kappa shape index (κ3) is 8.89. The third-order valence-electron chi connectivity index (χ3n) is 5.79. The summed E-state index contributed by atoms with van der Waals surface area (Å²) in [4.78, 5) is 29.5. The number of nitrogens with zero attached hydrogens (tertiary/aromatic N) is 2. The highest BCUT2D eigenvalue weighted by Gasteiger charge is 2.28. The first-order valence-electron chi connectivity index (χ1n) is 11.8. The molecule has 180 valence electrons. The fourth-order valence-electron chi connectivity index (χ4n) is 3.76. The molecule has 2 N–H and O–H groups in total. The van der Waals surface area contributed by atoms with Crippen molar-refractivity contribution in [1.82, 2.24) is 15.1 Å². The highest BCUT2D eigenvalue weighted by atomic mass is 16.3. The number of benzene rings is 2. The lowest BCUT2D eigenvalue weighted by Crippen LogP contribution is -2.55. The highest BCUT2D eigenvalue weighted by molar-refractivity contribution is 5.87. The van der Waals surface area contributed by atoms with Gasteiger partial charge in [-0.05, 0) is 36.3 Å². The first kappa shape index (κ1) is 26.4. The molecule has 2 rings (SSSR count). The Bertz CT molecular complexity index is 840. The van der Waals surface area contributed by atoms with Crippen LogP contribution in [0.15, 0.2) is 60.7 Å². The molecule has 0 radical (unpaired) electrons. The van der Waals surface area contributed by atoms with Gasteiger partial charge in [0.1, 0.15) is 6.04 Å².